The molecule has 0 bridgehead atoms. The van der Waals surface area contributed by atoms with E-state index in [9.17, 15) is 8.42 Å². The predicted molar refractivity (Wildman–Crippen MR) is 134 cm³/mol. The zero-order valence-electron chi connectivity index (χ0n) is 18.0. The van der Waals surface area contributed by atoms with Crippen molar-refractivity contribution in [3.05, 3.63) is 60.2 Å². The number of nitrogens with one attached hydrogen (secondary N) is 2. The minimum atomic E-state index is -3.33. The molecule has 2 aromatic carbocycles. The van der Waals surface area contributed by atoms with Crippen LogP contribution in [0.2, 0.25) is 0 Å². The SMILES string of the molecule is CCNC(=NCc1ccccc1OC(C)(C)C)NCCS(=O)(=O)c1ccccc1.I. The number of aliphatic imine (C=N–C) groups is 1. The lowest BCUT2D eigenvalue weighted by atomic mass is 10.1. The Morgan fingerprint density at radius 1 is 1.00 bits per heavy atom. The van der Waals surface area contributed by atoms with Crippen LogP contribution in [0.3, 0.4) is 0 Å². The monoisotopic (exact) mass is 545 g/mol. The molecule has 0 atom stereocenters. The molecule has 0 saturated heterocycles. The molecule has 2 rings (SSSR count). The van der Waals surface area contributed by atoms with Gasteiger partial charge in [0.15, 0.2) is 15.8 Å². The van der Waals surface area contributed by atoms with Crippen molar-refractivity contribution in [2.75, 3.05) is 18.8 Å². The van der Waals surface area contributed by atoms with Crippen LogP contribution in [0.4, 0.5) is 0 Å². The Hall–Kier alpha value is -1.81. The minimum Gasteiger partial charge on any atom is -0.488 e. The van der Waals surface area contributed by atoms with E-state index in [0.717, 1.165) is 11.3 Å². The van der Waals surface area contributed by atoms with E-state index < -0.39 is 9.84 Å². The number of ether oxygens (including phenoxy) is 1. The Balaban J connectivity index is 0.00000450. The third kappa shape index (κ3) is 8.91. The molecule has 0 aliphatic rings. The number of benzene rings is 2. The predicted octanol–water partition coefficient (Wildman–Crippen LogP) is 4.01. The highest BCUT2D eigenvalue weighted by molar-refractivity contribution is 14.0. The average Bonchev–Trinajstić information content (AvgIpc) is 2.66. The third-order valence-electron chi connectivity index (χ3n) is 3.91. The number of hydrogen-bond donors (Lipinski definition) is 2. The van der Waals surface area contributed by atoms with Crippen LogP contribution < -0.4 is 15.4 Å². The molecule has 0 aliphatic heterocycles. The zero-order chi connectivity index (χ0) is 21.3. The van der Waals surface area contributed by atoms with Crippen molar-refractivity contribution >= 4 is 39.8 Å². The summed E-state index contributed by atoms with van der Waals surface area (Å²) < 4.78 is 30.8. The van der Waals surface area contributed by atoms with Gasteiger partial charge >= 0.3 is 0 Å². The molecular weight excluding hydrogens is 513 g/mol. The maximum atomic E-state index is 12.4. The first-order valence-corrected chi connectivity index (χ1v) is 11.4. The van der Waals surface area contributed by atoms with Crippen molar-refractivity contribution in [2.24, 2.45) is 4.99 Å². The summed E-state index contributed by atoms with van der Waals surface area (Å²) in [7, 11) is -3.33. The summed E-state index contributed by atoms with van der Waals surface area (Å²) in [5.41, 5.74) is 0.672. The van der Waals surface area contributed by atoms with E-state index in [0.29, 0.717) is 23.9 Å². The Labute approximate surface area is 197 Å². The Morgan fingerprint density at radius 2 is 1.63 bits per heavy atom. The summed E-state index contributed by atoms with van der Waals surface area (Å²) in [5, 5.41) is 6.25. The molecule has 30 heavy (non-hydrogen) atoms. The lowest BCUT2D eigenvalue weighted by molar-refractivity contribution is 0.129. The lowest BCUT2D eigenvalue weighted by Gasteiger charge is -2.23. The standard InChI is InChI=1S/C22H31N3O3S.HI/c1-5-23-21(24-15-16-29(26,27)19-12-7-6-8-13-19)25-17-18-11-9-10-14-20(18)28-22(2,3)4;/h6-14H,5,15-17H2,1-4H3,(H2,23,24,25);1H. The van der Waals surface area contributed by atoms with Gasteiger partial charge in [-0.15, -0.1) is 24.0 Å². The quantitative estimate of drug-likeness (QED) is 0.298. The van der Waals surface area contributed by atoms with E-state index in [1.54, 1.807) is 30.3 Å². The summed E-state index contributed by atoms with van der Waals surface area (Å²) in [4.78, 5) is 4.92. The van der Waals surface area contributed by atoms with E-state index in [-0.39, 0.29) is 41.9 Å². The van der Waals surface area contributed by atoms with Gasteiger partial charge < -0.3 is 15.4 Å². The van der Waals surface area contributed by atoms with Crippen molar-refractivity contribution in [3.8, 4) is 5.75 Å². The van der Waals surface area contributed by atoms with Gasteiger partial charge in [-0.05, 0) is 45.9 Å². The van der Waals surface area contributed by atoms with Gasteiger partial charge in [-0.1, -0.05) is 36.4 Å². The van der Waals surface area contributed by atoms with Crippen LogP contribution in [0, 0.1) is 0 Å². The summed E-state index contributed by atoms with van der Waals surface area (Å²) >= 11 is 0. The summed E-state index contributed by atoms with van der Waals surface area (Å²) in [6, 6.07) is 16.3. The fraction of sp³-hybridized carbons (Fsp3) is 0.409. The molecule has 2 N–H and O–H groups in total. The maximum absolute atomic E-state index is 12.4. The fourth-order valence-corrected chi connectivity index (χ4v) is 3.80. The normalized spacial score (nSPS) is 12.1. The molecule has 0 aliphatic carbocycles. The summed E-state index contributed by atoms with van der Waals surface area (Å²) in [5.74, 6) is 1.36. The molecule has 6 nitrogen and oxygen atoms in total. The van der Waals surface area contributed by atoms with E-state index in [1.165, 1.54) is 0 Å². The lowest BCUT2D eigenvalue weighted by Crippen LogP contribution is -2.39. The number of halogens is 1. The molecule has 2 aromatic rings. The second-order valence-corrected chi connectivity index (χ2v) is 9.69. The van der Waals surface area contributed by atoms with Gasteiger partial charge in [0, 0.05) is 18.7 Å². The van der Waals surface area contributed by atoms with E-state index in [4.69, 9.17) is 4.74 Å². The van der Waals surface area contributed by atoms with Crippen LogP contribution in [0.25, 0.3) is 0 Å². The van der Waals surface area contributed by atoms with Gasteiger partial charge in [0.05, 0.1) is 17.2 Å². The molecule has 0 heterocycles. The highest BCUT2D eigenvalue weighted by Gasteiger charge is 2.15. The largest absolute Gasteiger partial charge is 0.488 e. The topological polar surface area (TPSA) is 79.8 Å². The Morgan fingerprint density at radius 3 is 2.27 bits per heavy atom. The molecular formula is C22H32IN3O3S. The molecule has 0 unspecified atom stereocenters. The number of sulfone groups is 1. The van der Waals surface area contributed by atoms with Crippen LogP contribution in [0.15, 0.2) is 64.5 Å². The Bertz CT molecular complexity index is 911. The van der Waals surface area contributed by atoms with Gasteiger partial charge in [0.1, 0.15) is 11.4 Å². The van der Waals surface area contributed by atoms with Gasteiger partial charge in [0.25, 0.3) is 0 Å². The molecule has 8 heteroatoms. The van der Waals surface area contributed by atoms with Crippen LogP contribution in [-0.4, -0.2) is 38.8 Å². The van der Waals surface area contributed by atoms with Crippen molar-refractivity contribution in [1.29, 1.82) is 0 Å². The van der Waals surface area contributed by atoms with E-state index in [1.807, 2.05) is 52.0 Å². The summed E-state index contributed by atoms with van der Waals surface area (Å²) in [6.07, 6.45) is 0. The fourth-order valence-electron chi connectivity index (χ4n) is 2.62. The van der Waals surface area contributed by atoms with Gasteiger partial charge in [-0.2, -0.15) is 0 Å². The molecule has 166 valence electrons. The van der Waals surface area contributed by atoms with Crippen LogP contribution in [0.1, 0.15) is 33.3 Å². The van der Waals surface area contributed by atoms with Crippen molar-refractivity contribution in [3.63, 3.8) is 0 Å². The van der Waals surface area contributed by atoms with Gasteiger partial charge in [0.2, 0.25) is 0 Å². The van der Waals surface area contributed by atoms with Crippen molar-refractivity contribution < 1.29 is 13.2 Å². The number of guanidine groups is 1. The van der Waals surface area contributed by atoms with Crippen LogP contribution >= 0.6 is 24.0 Å². The molecule has 0 spiro atoms. The van der Waals surface area contributed by atoms with Crippen molar-refractivity contribution in [2.45, 2.75) is 44.7 Å². The van der Waals surface area contributed by atoms with Crippen LogP contribution in [0.5, 0.6) is 5.75 Å². The summed E-state index contributed by atoms with van der Waals surface area (Å²) in [6.45, 7) is 9.35. The number of rotatable bonds is 8. The average molecular weight is 545 g/mol. The highest BCUT2D eigenvalue weighted by atomic mass is 127. The molecule has 0 amide bonds. The number of nitrogens with zero attached hydrogens (tertiary/aromatic N) is 1. The van der Waals surface area contributed by atoms with Gasteiger partial charge in [-0.25, -0.2) is 13.4 Å². The minimum absolute atomic E-state index is 0. The van der Waals surface area contributed by atoms with Gasteiger partial charge in [-0.3, -0.25) is 0 Å². The maximum Gasteiger partial charge on any atom is 0.191 e. The number of para-hydroxylation sites is 1. The highest BCUT2D eigenvalue weighted by Crippen LogP contribution is 2.23. The molecule has 0 radical (unpaired) electrons. The molecule has 0 fully saturated rings. The third-order valence-corrected chi connectivity index (χ3v) is 5.64. The first kappa shape index (κ1) is 26.2. The molecule has 0 saturated carbocycles. The van der Waals surface area contributed by atoms with E-state index in [2.05, 4.69) is 15.6 Å². The first-order valence-electron chi connectivity index (χ1n) is 9.78. The second-order valence-electron chi connectivity index (χ2n) is 7.58. The smallest absolute Gasteiger partial charge is 0.191 e. The zero-order valence-corrected chi connectivity index (χ0v) is 21.2. The Kier molecular flexibility index (Phi) is 10.6. The number of hydrogen-bond acceptors (Lipinski definition) is 4. The van der Waals surface area contributed by atoms with Crippen molar-refractivity contribution in [1.82, 2.24) is 10.6 Å². The van der Waals surface area contributed by atoms with Crippen LogP contribution in [-0.2, 0) is 16.4 Å². The second kappa shape index (κ2) is 12.1. The molecule has 0 aromatic heterocycles. The van der Waals surface area contributed by atoms with E-state index >= 15 is 0 Å². The first-order chi connectivity index (χ1) is 13.7.